The Kier molecular flexibility index (Phi) is 6.32. The van der Waals surface area contributed by atoms with E-state index in [-0.39, 0.29) is 18.5 Å². The second-order valence-corrected chi connectivity index (χ2v) is 6.23. The van der Waals surface area contributed by atoms with Gasteiger partial charge in [-0.05, 0) is 29.8 Å². The van der Waals surface area contributed by atoms with E-state index in [1.807, 2.05) is 25.6 Å². The van der Waals surface area contributed by atoms with Gasteiger partial charge in [-0.25, -0.2) is 4.79 Å². The third-order valence-corrected chi connectivity index (χ3v) is 4.00. The Morgan fingerprint density at radius 2 is 2.22 bits per heavy atom. The van der Waals surface area contributed by atoms with Gasteiger partial charge in [-0.2, -0.15) is 11.8 Å². The highest BCUT2D eigenvalue weighted by atomic mass is 32.2. The Hall–Kier alpha value is -0.910. The normalized spacial score (nSPS) is 18.9. The molecule has 2 N–H and O–H groups in total. The van der Waals surface area contributed by atoms with Gasteiger partial charge >= 0.3 is 12.0 Å². The van der Waals surface area contributed by atoms with Gasteiger partial charge in [0.15, 0.2) is 0 Å². The molecule has 6 heteroatoms. The zero-order chi connectivity index (χ0) is 13.5. The number of hydrogen-bond acceptors (Lipinski definition) is 3. The molecule has 2 amide bonds. The van der Waals surface area contributed by atoms with Crippen molar-refractivity contribution in [2.75, 3.05) is 31.1 Å². The van der Waals surface area contributed by atoms with Gasteiger partial charge in [0, 0.05) is 13.1 Å². The molecular formula is C12H22N2O3S. The van der Waals surface area contributed by atoms with Crippen LogP contribution in [0.5, 0.6) is 0 Å². The quantitative estimate of drug-likeness (QED) is 0.770. The van der Waals surface area contributed by atoms with Crippen LogP contribution in [0.1, 0.15) is 20.3 Å². The number of carbonyl (C=O) groups excluding carboxylic acids is 1. The van der Waals surface area contributed by atoms with Crippen LogP contribution in [0.3, 0.4) is 0 Å². The lowest BCUT2D eigenvalue weighted by atomic mass is 10.1. The molecule has 5 nitrogen and oxygen atoms in total. The van der Waals surface area contributed by atoms with E-state index in [0.29, 0.717) is 19.0 Å². The Labute approximate surface area is 112 Å². The predicted octanol–water partition coefficient (Wildman–Crippen LogP) is 1.49. The third kappa shape index (κ3) is 5.62. The maximum absolute atomic E-state index is 11.9. The summed E-state index contributed by atoms with van der Waals surface area (Å²) in [6.45, 7) is 4.83. The van der Waals surface area contributed by atoms with Crippen molar-refractivity contribution in [2.24, 2.45) is 11.8 Å². The largest absolute Gasteiger partial charge is 0.480 e. The fourth-order valence-electron chi connectivity index (χ4n) is 1.91. The summed E-state index contributed by atoms with van der Waals surface area (Å²) < 4.78 is 0. The number of nitrogens with one attached hydrogen (secondary N) is 1. The Balaban J connectivity index is 2.39. The van der Waals surface area contributed by atoms with Gasteiger partial charge in [0.2, 0.25) is 0 Å². The minimum absolute atomic E-state index is 0.233. The maximum atomic E-state index is 11.9. The van der Waals surface area contributed by atoms with Crippen LogP contribution in [0.2, 0.25) is 0 Å². The van der Waals surface area contributed by atoms with Crippen molar-refractivity contribution >= 4 is 23.8 Å². The van der Waals surface area contributed by atoms with Gasteiger partial charge in [-0.3, -0.25) is 4.79 Å². The van der Waals surface area contributed by atoms with Gasteiger partial charge in [0.1, 0.15) is 6.54 Å². The van der Waals surface area contributed by atoms with Crippen molar-refractivity contribution in [2.45, 2.75) is 20.3 Å². The number of urea groups is 1. The summed E-state index contributed by atoms with van der Waals surface area (Å²) in [4.78, 5) is 24.0. The smallest absolute Gasteiger partial charge is 0.323 e. The minimum Gasteiger partial charge on any atom is -0.480 e. The van der Waals surface area contributed by atoms with Gasteiger partial charge in [0.05, 0.1) is 0 Å². The van der Waals surface area contributed by atoms with E-state index < -0.39 is 5.97 Å². The molecule has 1 rings (SSSR count). The molecule has 0 saturated carbocycles. The van der Waals surface area contributed by atoms with Crippen molar-refractivity contribution in [1.82, 2.24) is 10.2 Å². The second kappa shape index (κ2) is 7.51. The van der Waals surface area contributed by atoms with Crippen molar-refractivity contribution < 1.29 is 14.7 Å². The molecule has 18 heavy (non-hydrogen) atoms. The number of nitrogens with zero attached hydrogens (tertiary/aromatic N) is 1. The Morgan fingerprint density at radius 1 is 1.50 bits per heavy atom. The number of amides is 2. The lowest BCUT2D eigenvalue weighted by Crippen LogP contribution is -2.45. The Bertz CT molecular complexity index is 291. The number of carboxylic acid groups (broad SMARTS) is 1. The summed E-state index contributed by atoms with van der Waals surface area (Å²) in [6.07, 6.45) is 1.13. The molecule has 1 heterocycles. The molecule has 0 radical (unpaired) electrons. The average molecular weight is 274 g/mol. The zero-order valence-electron chi connectivity index (χ0n) is 11.0. The van der Waals surface area contributed by atoms with Gasteiger partial charge in [-0.15, -0.1) is 0 Å². The summed E-state index contributed by atoms with van der Waals surface area (Å²) >= 11 is 1.90. The topological polar surface area (TPSA) is 69.6 Å². The standard InChI is InChI=1S/C12H22N2O3S/c1-9(2)6-14(7-11(15)16)12(17)13-5-10-3-4-18-8-10/h9-10H,3-8H2,1-2H3,(H,13,17)(H,15,16). The summed E-state index contributed by atoms with van der Waals surface area (Å²) in [7, 11) is 0. The molecule has 1 fully saturated rings. The summed E-state index contributed by atoms with van der Waals surface area (Å²) in [5.41, 5.74) is 0. The van der Waals surface area contributed by atoms with Crippen LogP contribution in [-0.2, 0) is 4.79 Å². The van der Waals surface area contributed by atoms with Crippen LogP contribution in [-0.4, -0.2) is 53.1 Å². The molecule has 1 saturated heterocycles. The molecule has 1 atom stereocenters. The first-order chi connectivity index (χ1) is 8.49. The average Bonchev–Trinajstić information content (AvgIpc) is 2.76. The van der Waals surface area contributed by atoms with Crippen LogP contribution in [0.15, 0.2) is 0 Å². The van der Waals surface area contributed by atoms with Crippen molar-refractivity contribution in [3.8, 4) is 0 Å². The van der Waals surface area contributed by atoms with Crippen LogP contribution in [0.4, 0.5) is 4.79 Å². The zero-order valence-corrected chi connectivity index (χ0v) is 11.8. The van der Waals surface area contributed by atoms with E-state index >= 15 is 0 Å². The second-order valence-electron chi connectivity index (χ2n) is 5.08. The van der Waals surface area contributed by atoms with Crippen molar-refractivity contribution in [1.29, 1.82) is 0 Å². The molecule has 1 aliphatic rings. The number of carbonyl (C=O) groups is 2. The predicted molar refractivity (Wildman–Crippen MR) is 72.9 cm³/mol. The first kappa shape index (κ1) is 15.1. The fraction of sp³-hybridized carbons (Fsp3) is 0.833. The van der Waals surface area contributed by atoms with Crippen molar-refractivity contribution in [3.05, 3.63) is 0 Å². The van der Waals surface area contributed by atoms with Crippen LogP contribution < -0.4 is 5.32 Å². The molecule has 0 aliphatic carbocycles. The number of rotatable bonds is 6. The molecular weight excluding hydrogens is 252 g/mol. The monoisotopic (exact) mass is 274 g/mol. The number of hydrogen-bond donors (Lipinski definition) is 2. The van der Waals surface area contributed by atoms with Gasteiger partial charge in [0.25, 0.3) is 0 Å². The first-order valence-corrected chi connectivity index (χ1v) is 7.46. The maximum Gasteiger partial charge on any atom is 0.323 e. The molecule has 104 valence electrons. The SMILES string of the molecule is CC(C)CN(CC(=O)O)C(=O)NCC1CCSC1. The molecule has 1 aliphatic heterocycles. The molecule has 1 unspecified atom stereocenters. The minimum atomic E-state index is -0.970. The molecule has 0 spiro atoms. The van der Waals surface area contributed by atoms with Gasteiger partial charge < -0.3 is 15.3 Å². The third-order valence-electron chi connectivity index (χ3n) is 2.76. The number of carboxylic acids is 1. The lowest BCUT2D eigenvalue weighted by Gasteiger charge is -2.23. The Morgan fingerprint density at radius 3 is 2.72 bits per heavy atom. The van der Waals surface area contributed by atoms with E-state index in [4.69, 9.17) is 5.11 Å². The highest BCUT2D eigenvalue weighted by Crippen LogP contribution is 2.22. The van der Waals surface area contributed by atoms with Crippen molar-refractivity contribution in [3.63, 3.8) is 0 Å². The van der Waals surface area contributed by atoms with E-state index in [2.05, 4.69) is 5.32 Å². The highest BCUT2D eigenvalue weighted by molar-refractivity contribution is 7.99. The molecule has 0 bridgehead atoms. The van der Waals surface area contributed by atoms with Crippen LogP contribution in [0, 0.1) is 11.8 Å². The van der Waals surface area contributed by atoms with Crippen LogP contribution >= 0.6 is 11.8 Å². The summed E-state index contributed by atoms with van der Waals surface area (Å²) in [6, 6.07) is -0.261. The first-order valence-electron chi connectivity index (χ1n) is 6.31. The van der Waals surface area contributed by atoms with E-state index in [1.165, 1.54) is 4.90 Å². The summed E-state index contributed by atoms with van der Waals surface area (Å²) in [5.74, 6) is 2.07. The fourth-order valence-corrected chi connectivity index (χ4v) is 3.20. The lowest BCUT2D eigenvalue weighted by molar-refractivity contribution is -0.137. The van der Waals surface area contributed by atoms with E-state index in [9.17, 15) is 9.59 Å². The van der Waals surface area contributed by atoms with Gasteiger partial charge in [-0.1, -0.05) is 13.8 Å². The highest BCUT2D eigenvalue weighted by Gasteiger charge is 2.20. The van der Waals surface area contributed by atoms with E-state index in [1.54, 1.807) is 0 Å². The molecule has 0 aromatic heterocycles. The molecule has 0 aromatic carbocycles. The van der Waals surface area contributed by atoms with E-state index in [0.717, 1.165) is 17.9 Å². The molecule has 0 aromatic rings. The number of aliphatic carboxylic acids is 1. The van der Waals surface area contributed by atoms with Crippen LogP contribution in [0.25, 0.3) is 0 Å². The number of thioether (sulfide) groups is 1. The summed E-state index contributed by atoms with van der Waals surface area (Å²) in [5, 5.41) is 11.6.